The van der Waals surface area contributed by atoms with E-state index >= 15 is 0 Å². The molecule has 248 valence electrons. The third-order valence-corrected chi connectivity index (χ3v) is 10.8. The number of furan rings is 1. The molecule has 0 bridgehead atoms. The van der Waals surface area contributed by atoms with Crippen LogP contribution in [0.5, 0.6) is 0 Å². The molecule has 53 heavy (non-hydrogen) atoms. The van der Waals surface area contributed by atoms with Crippen LogP contribution in [-0.4, -0.2) is 4.57 Å². The Morgan fingerprint density at radius 2 is 0.962 bits per heavy atom. The summed E-state index contributed by atoms with van der Waals surface area (Å²) < 4.78 is 8.63. The number of hydrogen-bond donors (Lipinski definition) is 0. The molecule has 0 amide bonds. The maximum atomic E-state index is 6.23. The van der Waals surface area contributed by atoms with E-state index in [2.05, 4.69) is 191 Å². The van der Waals surface area contributed by atoms with Crippen LogP contribution in [-0.2, 0) is 0 Å². The third kappa shape index (κ3) is 4.75. The minimum absolute atomic E-state index is 0.885. The van der Waals surface area contributed by atoms with Gasteiger partial charge in [0.2, 0.25) is 0 Å². The number of para-hydroxylation sites is 2. The van der Waals surface area contributed by atoms with Crippen molar-refractivity contribution in [3.63, 3.8) is 0 Å². The van der Waals surface area contributed by atoms with Crippen molar-refractivity contribution in [3.05, 3.63) is 194 Å². The second-order valence-corrected chi connectivity index (χ2v) is 13.8. The van der Waals surface area contributed by atoms with Gasteiger partial charge in [-0.05, 0) is 112 Å². The molecule has 0 radical (unpaired) electrons. The van der Waals surface area contributed by atoms with Crippen LogP contribution in [0.25, 0.3) is 82.1 Å². The van der Waals surface area contributed by atoms with Crippen LogP contribution in [0.2, 0.25) is 0 Å². The minimum atomic E-state index is 0.885. The highest BCUT2D eigenvalue weighted by Gasteiger charge is 2.18. The van der Waals surface area contributed by atoms with E-state index in [1.807, 2.05) is 12.1 Å². The van der Waals surface area contributed by atoms with E-state index in [1.165, 1.54) is 54.5 Å². The lowest BCUT2D eigenvalue weighted by atomic mass is 9.98. The van der Waals surface area contributed by atoms with Crippen LogP contribution in [0, 0.1) is 0 Å². The highest BCUT2D eigenvalue weighted by molar-refractivity contribution is 6.13. The predicted molar refractivity (Wildman–Crippen MR) is 223 cm³/mol. The summed E-state index contributed by atoms with van der Waals surface area (Å²) in [6.07, 6.45) is 0. The number of anilines is 3. The molecule has 0 spiro atoms. The van der Waals surface area contributed by atoms with Crippen LogP contribution < -0.4 is 4.90 Å². The van der Waals surface area contributed by atoms with Crippen molar-refractivity contribution in [2.75, 3.05) is 4.90 Å². The van der Waals surface area contributed by atoms with Crippen molar-refractivity contribution >= 4 is 82.4 Å². The van der Waals surface area contributed by atoms with Gasteiger partial charge in [0.15, 0.2) is 0 Å². The summed E-state index contributed by atoms with van der Waals surface area (Å²) in [6.45, 7) is 0. The zero-order valence-electron chi connectivity index (χ0n) is 28.8. The number of nitrogens with zero attached hydrogens (tertiary/aromatic N) is 2. The fourth-order valence-electron chi connectivity index (χ4n) is 8.25. The standard InChI is InChI=1S/C50H32N2O/c1-2-12-36-31-48-45(30-35(36)11-1)43-15-5-7-18-47(43)52(48)39-26-24-38(25-27-39)51(40-28-29-50-46(32-40)44-16-6-8-19-49(44)53-50)37-22-20-34(21-23-37)42-17-9-13-33-10-3-4-14-41(33)42/h1-32H. The molecule has 0 saturated carbocycles. The highest BCUT2D eigenvalue weighted by Crippen LogP contribution is 2.41. The summed E-state index contributed by atoms with van der Waals surface area (Å²) in [5.41, 5.74) is 11.0. The van der Waals surface area contributed by atoms with Gasteiger partial charge in [-0.15, -0.1) is 0 Å². The lowest BCUT2D eigenvalue weighted by molar-refractivity contribution is 0.669. The van der Waals surface area contributed by atoms with E-state index in [0.29, 0.717) is 0 Å². The molecule has 2 heterocycles. The van der Waals surface area contributed by atoms with Gasteiger partial charge in [-0.25, -0.2) is 0 Å². The molecule has 0 saturated heterocycles. The maximum Gasteiger partial charge on any atom is 0.135 e. The fourth-order valence-corrected chi connectivity index (χ4v) is 8.25. The predicted octanol–water partition coefficient (Wildman–Crippen LogP) is 14.1. The molecule has 3 nitrogen and oxygen atoms in total. The quantitative estimate of drug-likeness (QED) is 0.181. The molecule has 0 fully saturated rings. The molecular weight excluding hydrogens is 645 g/mol. The Balaban J connectivity index is 1.07. The third-order valence-electron chi connectivity index (χ3n) is 10.8. The summed E-state index contributed by atoms with van der Waals surface area (Å²) >= 11 is 0. The second kappa shape index (κ2) is 11.7. The first-order chi connectivity index (χ1) is 26.3. The lowest BCUT2D eigenvalue weighted by Gasteiger charge is -2.26. The molecule has 11 aromatic rings. The Bertz CT molecular complexity index is 3160. The van der Waals surface area contributed by atoms with Crippen molar-refractivity contribution < 1.29 is 4.42 Å². The van der Waals surface area contributed by atoms with Crippen molar-refractivity contribution in [2.45, 2.75) is 0 Å². The number of hydrogen-bond acceptors (Lipinski definition) is 2. The monoisotopic (exact) mass is 676 g/mol. The van der Waals surface area contributed by atoms with Crippen LogP contribution in [0.15, 0.2) is 199 Å². The van der Waals surface area contributed by atoms with Crippen LogP contribution in [0.3, 0.4) is 0 Å². The summed E-state index contributed by atoms with van der Waals surface area (Å²) in [7, 11) is 0. The highest BCUT2D eigenvalue weighted by atomic mass is 16.3. The number of aromatic nitrogens is 1. The Hall–Kier alpha value is -7.10. The van der Waals surface area contributed by atoms with Gasteiger partial charge >= 0.3 is 0 Å². The van der Waals surface area contributed by atoms with Crippen molar-refractivity contribution in [3.8, 4) is 16.8 Å². The van der Waals surface area contributed by atoms with Crippen molar-refractivity contribution in [1.82, 2.24) is 4.57 Å². The first kappa shape index (κ1) is 29.6. The number of rotatable bonds is 5. The van der Waals surface area contributed by atoms with E-state index in [0.717, 1.165) is 44.7 Å². The van der Waals surface area contributed by atoms with E-state index < -0.39 is 0 Å². The van der Waals surface area contributed by atoms with Crippen LogP contribution in [0.4, 0.5) is 17.1 Å². The lowest BCUT2D eigenvalue weighted by Crippen LogP contribution is -2.10. The van der Waals surface area contributed by atoms with Crippen LogP contribution >= 0.6 is 0 Å². The molecule has 11 rings (SSSR count). The summed E-state index contributed by atoms with van der Waals surface area (Å²) in [4.78, 5) is 2.34. The molecule has 9 aromatic carbocycles. The van der Waals surface area contributed by atoms with E-state index in [-0.39, 0.29) is 0 Å². The van der Waals surface area contributed by atoms with Gasteiger partial charge in [-0.3, -0.25) is 0 Å². The van der Waals surface area contributed by atoms with Gasteiger partial charge in [0, 0.05) is 44.3 Å². The maximum absolute atomic E-state index is 6.23. The van der Waals surface area contributed by atoms with Crippen molar-refractivity contribution in [1.29, 1.82) is 0 Å². The largest absolute Gasteiger partial charge is 0.456 e. The molecule has 3 heteroatoms. The average molecular weight is 677 g/mol. The van der Waals surface area contributed by atoms with Crippen LogP contribution in [0.1, 0.15) is 0 Å². The van der Waals surface area contributed by atoms with E-state index in [1.54, 1.807) is 0 Å². The Morgan fingerprint density at radius 3 is 1.77 bits per heavy atom. The molecule has 0 unspecified atom stereocenters. The zero-order valence-corrected chi connectivity index (χ0v) is 28.8. The zero-order chi connectivity index (χ0) is 34.9. The minimum Gasteiger partial charge on any atom is -0.456 e. The molecule has 0 aliphatic carbocycles. The Kier molecular flexibility index (Phi) is 6.55. The summed E-state index contributed by atoms with van der Waals surface area (Å²) in [6, 6.07) is 69.9. The SMILES string of the molecule is c1ccc2cc3c(cc2c1)c1ccccc1n3-c1ccc(N(c2ccc(-c3cccc4ccccc34)cc2)c2ccc3oc4ccccc4c3c2)cc1. The smallest absolute Gasteiger partial charge is 0.135 e. The Morgan fingerprint density at radius 1 is 0.358 bits per heavy atom. The molecule has 0 N–H and O–H groups in total. The topological polar surface area (TPSA) is 21.3 Å². The second-order valence-electron chi connectivity index (χ2n) is 13.8. The molecule has 0 aliphatic rings. The van der Waals surface area contributed by atoms with Gasteiger partial charge < -0.3 is 13.9 Å². The molecule has 0 atom stereocenters. The Labute approximate surface area is 306 Å². The summed E-state index contributed by atoms with van der Waals surface area (Å²) in [5, 5.41) is 9.72. The average Bonchev–Trinajstić information content (AvgIpc) is 3.75. The van der Waals surface area contributed by atoms with Gasteiger partial charge in [-0.1, -0.05) is 115 Å². The van der Waals surface area contributed by atoms with Gasteiger partial charge in [0.25, 0.3) is 0 Å². The van der Waals surface area contributed by atoms with Gasteiger partial charge in [0.05, 0.1) is 11.0 Å². The van der Waals surface area contributed by atoms with E-state index in [9.17, 15) is 0 Å². The number of benzene rings is 9. The number of fused-ring (bicyclic) bond motifs is 8. The van der Waals surface area contributed by atoms with Crippen molar-refractivity contribution in [2.24, 2.45) is 0 Å². The molecule has 2 aromatic heterocycles. The normalized spacial score (nSPS) is 11.8. The molecular formula is C50H32N2O. The van der Waals surface area contributed by atoms with Gasteiger partial charge in [0.1, 0.15) is 11.2 Å². The first-order valence-electron chi connectivity index (χ1n) is 18.1. The first-order valence-corrected chi connectivity index (χ1v) is 18.1. The molecule has 0 aliphatic heterocycles. The van der Waals surface area contributed by atoms with E-state index in [4.69, 9.17) is 4.42 Å². The summed E-state index contributed by atoms with van der Waals surface area (Å²) in [5.74, 6) is 0. The van der Waals surface area contributed by atoms with Gasteiger partial charge in [-0.2, -0.15) is 0 Å². The fraction of sp³-hybridized carbons (Fsp3) is 0.